The second-order valence-corrected chi connectivity index (χ2v) is 12.5. The van der Waals surface area contributed by atoms with Crippen LogP contribution in [0.15, 0.2) is 146 Å². The van der Waals surface area contributed by atoms with Crippen LogP contribution in [0.4, 0.5) is 0 Å². The van der Waals surface area contributed by atoms with Crippen LogP contribution in [0.1, 0.15) is 0 Å². The first-order valence-electron chi connectivity index (χ1n) is 15.1. The molecule has 0 unspecified atom stereocenters. The molecule has 0 aliphatic rings. The molecule has 10 aromatic rings. The molecule has 0 amide bonds. The summed E-state index contributed by atoms with van der Waals surface area (Å²) < 4.78 is 7.33. The molecule has 10 rings (SSSR count). The summed E-state index contributed by atoms with van der Waals surface area (Å²) in [5.41, 5.74) is 8.66. The van der Waals surface area contributed by atoms with Crippen molar-refractivity contribution in [1.82, 2.24) is 19.1 Å². The number of nitrogens with zero attached hydrogens (tertiary/aromatic N) is 4. The fourth-order valence-corrected chi connectivity index (χ4v) is 8.24. The molecule has 0 aliphatic heterocycles. The lowest BCUT2D eigenvalue weighted by molar-refractivity contribution is 1.01. The van der Waals surface area contributed by atoms with Crippen molar-refractivity contribution in [1.29, 1.82) is 0 Å². The van der Waals surface area contributed by atoms with E-state index in [1.165, 1.54) is 42.0 Å². The van der Waals surface area contributed by atoms with E-state index in [1.54, 1.807) is 0 Å². The van der Waals surface area contributed by atoms with E-state index in [2.05, 4.69) is 149 Å². The van der Waals surface area contributed by atoms with Crippen molar-refractivity contribution in [2.45, 2.75) is 0 Å². The molecule has 6 aromatic carbocycles. The summed E-state index contributed by atoms with van der Waals surface area (Å²) in [4.78, 5) is 10.6. The summed E-state index contributed by atoms with van der Waals surface area (Å²) >= 11 is 1.86. The minimum Gasteiger partial charge on any atom is -0.306 e. The lowest BCUT2D eigenvalue weighted by Gasteiger charge is -2.14. The second-order valence-electron chi connectivity index (χ2n) is 11.4. The van der Waals surface area contributed by atoms with Gasteiger partial charge in [0.2, 0.25) is 5.95 Å². The van der Waals surface area contributed by atoms with Gasteiger partial charge in [-0.25, -0.2) is 9.97 Å². The van der Waals surface area contributed by atoms with Crippen LogP contribution in [0.2, 0.25) is 0 Å². The zero-order valence-corrected chi connectivity index (χ0v) is 24.9. The van der Waals surface area contributed by atoms with Gasteiger partial charge in [0.15, 0.2) is 0 Å². The predicted molar refractivity (Wildman–Crippen MR) is 189 cm³/mol. The number of hydrogen-bond donors (Lipinski definition) is 0. The smallest absolute Gasteiger partial charge is 0.235 e. The van der Waals surface area contributed by atoms with E-state index in [9.17, 15) is 0 Å². The molecular weight excluding hydrogens is 569 g/mol. The van der Waals surface area contributed by atoms with Crippen molar-refractivity contribution in [3.05, 3.63) is 146 Å². The highest BCUT2D eigenvalue weighted by Crippen LogP contribution is 2.46. The standard InChI is InChI=1S/C40H24N4S/c1-3-13-25(14-4-1)35-29-18-7-10-20-32(29)41-40(42-35)44-33-21-11-8-17-27(33)28-23-24-31-37(36(28)44)43(26-15-5-2-6-16-26)38-30-19-9-12-22-34(30)45-39(31)38/h1-24H. The number of fused-ring (bicyclic) bond motifs is 10. The van der Waals surface area contributed by atoms with Crippen molar-refractivity contribution in [2.75, 3.05) is 0 Å². The summed E-state index contributed by atoms with van der Waals surface area (Å²) in [5, 5.41) is 5.90. The average Bonchev–Trinajstić information content (AvgIpc) is 3.75. The van der Waals surface area contributed by atoms with Crippen molar-refractivity contribution in [3.8, 4) is 22.9 Å². The van der Waals surface area contributed by atoms with Crippen LogP contribution < -0.4 is 0 Å². The number of aromatic nitrogens is 4. The van der Waals surface area contributed by atoms with E-state index in [-0.39, 0.29) is 0 Å². The Kier molecular flexibility index (Phi) is 5.12. The molecule has 0 aliphatic carbocycles. The van der Waals surface area contributed by atoms with Gasteiger partial charge in [-0.05, 0) is 30.3 Å². The zero-order chi connectivity index (χ0) is 29.5. The minimum atomic E-state index is 0.667. The quantitative estimate of drug-likeness (QED) is 0.205. The van der Waals surface area contributed by atoms with Gasteiger partial charge >= 0.3 is 0 Å². The topological polar surface area (TPSA) is 35.6 Å². The van der Waals surface area contributed by atoms with E-state index >= 15 is 0 Å². The third kappa shape index (κ3) is 3.47. The second kappa shape index (κ2) is 9.36. The molecule has 4 aromatic heterocycles. The van der Waals surface area contributed by atoms with Gasteiger partial charge in [-0.2, -0.15) is 0 Å². The third-order valence-electron chi connectivity index (χ3n) is 8.92. The van der Waals surface area contributed by atoms with E-state index in [0.29, 0.717) is 5.95 Å². The van der Waals surface area contributed by atoms with Crippen LogP contribution in [0.3, 0.4) is 0 Å². The predicted octanol–water partition coefficient (Wildman–Crippen LogP) is 10.7. The number of para-hydroxylation sites is 3. The minimum absolute atomic E-state index is 0.667. The number of benzene rings is 6. The maximum Gasteiger partial charge on any atom is 0.235 e. The molecule has 4 nitrogen and oxygen atoms in total. The van der Waals surface area contributed by atoms with Gasteiger partial charge in [-0.3, -0.25) is 4.57 Å². The van der Waals surface area contributed by atoms with Crippen LogP contribution in [0.5, 0.6) is 0 Å². The maximum atomic E-state index is 5.36. The summed E-state index contributed by atoms with van der Waals surface area (Å²) in [7, 11) is 0. The van der Waals surface area contributed by atoms with Crippen LogP contribution in [0.25, 0.3) is 86.8 Å². The van der Waals surface area contributed by atoms with Crippen LogP contribution in [0, 0.1) is 0 Å². The molecule has 0 saturated carbocycles. The Morgan fingerprint density at radius 1 is 0.444 bits per heavy atom. The first-order chi connectivity index (χ1) is 22.3. The first-order valence-corrected chi connectivity index (χ1v) is 15.9. The normalized spacial score (nSPS) is 12.0. The monoisotopic (exact) mass is 592 g/mol. The highest BCUT2D eigenvalue weighted by Gasteiger charge is 2.24. The Labute approximate surface area is 262 Å². The average molecular weight is 593 g/mol. The van der Waals surface area contributed by atoms with Gasteiger partial charge in [-0.15, -0.1) is 11.3 Å². The Morgan fingerprint density at radius 3 is 1.93 bits per heavy atom. The van der Waals surface area contributed by atoms with Crippen LogP contribution in [-0.4, -0.2) is 19.1 Å². The van der Waals surface area contributed by atoms with Gasteiger partial charge in [0.05, 0.1) is 38.0 Å². The molecule has 45 heavy (non-hydrogen) atoms. The highest BCUT2D eigenvalue weighted by molar-refractivity contribution is 7.26. The van der Waals surface area contributed by atoms with Crippen molar-refractivity contribution >= 4 is 75.3 Å². The molecule has 0 bridgehead atoms. The van der Waals surface area contributed by atoms with Crippen molar-refractivity contribution in [2.24, 2.45) is 0 Å². The number of hydrogen-bond acceptors (Lipinski definition) is 3. The van der Waals surface area contributed by atoms with Crippen molar-refractivity contribution < 1.29 is 0 Å². The van der Waals surface area contributed by atoms with Gasteiger partial charge in [0.1, 0.15) is 0 Å². The molecule has 5 heteroatoms. The summed E-state index contributed by atoms with van der Waals surface area (Å²) in [6.45, 7) is 0. The molecular formula is C40H24N4S. The Balaban J connectivity index is 1.44. The first kappa shape index (κ1) is 24.6. The van der Waals surface area contributed by atoms with E-state index in [4.69, 9.17) is 9.97 Å². The molecule has 4 heterocycles. The SMILES string of the molecule is c1ccc(-c2nc(-n3c4ccccc4c4ccc5c6sc7ccccc7c6n(-c6ccccc6)c5c43)nc3ccccc23)cc1. The fraction of sp³-hybridized carbons (Fsp3) is 0. The number of rotatable bonds is 3. The van der Waals surface area contributed by atoms with Gasteiger partial charge in [0.25, 0.3) is 0 Å². The molecule has 0 fully saturated rings. The molecule has 0 radical (unpaired) electrons. The molecule has 210 valence electrons. The maximum absolute atomic E-state index is 5.36. The lowest BCUT2D eigenvalue weighted by atomic mass is 10.1. The summed E-state index contributed by atoms with van der Waals surface area (Å²) in [6, 6.07) is 51.5. The summed E-state index contributed by atoms with van der Waals surface area (Å²) in [6.07, 6.45) is 0. The van der Waals surface area contributed by atoms with Crippen molar-refractivity contribution in [3.63, 3.8) is 0 Å². The van der Waals surface area contributed by atoms with Gasteiger partial charge < -0.3 is 4.57 Å². The van der Waals surface area contributed by atoms with Gasteiger partial charge in [-0.1, -0.05) is 115 Å². The Hall–Kier alpha value is -5.78. The molecule has 0 N–H and O–H groups in total. The fourth-order valence-electron chi connectivity index (χ4n) is 7.02. The summed E-state index contributed by atoms with van der Waals surface area (Å²) in [5.74, 6) is 0.667. The largest absolute Gasteiger partial charge is 0.306 e. The van der Waals surface area contributed by atoms with Crippen LogP contribution >= 0.6 is 11.3 Å². The van der Waals surface area contributed by atoms with Gasteiger partial charge in [0, 0.05) is 42.9 Å². The zero-order valence-electron chi connectivity index (χ0n) is 24.1. The highest BCUT2D eigenvalue weighted by atomic mass is 32.1. The van der Waals surface area contributed by atoms with Crippen LogP contribution in [-0.2, 0) is 0 Å². The third-order valence-corrected chi connectivity index (χ3v) is 10.1. The Bertz CT molecular complexity index is 2750. The van der Waals surface area contributed by atoms with E-state index in [0.717, 1.165) is 38.9 Å². The molecule has 0 atom stereocenters. The lowest BCUT2D eigenvalue weighted by Crippen LogP contribution is -2.04. The molecule has 0 saturated heterocycles. The number of thiophene rings is 1. The van der Waals surface area contributed by atoms with E-state index < -0.39 is 0 Å². The Morgan fingerprint density at radius 2 is 1.09 bits per heavy atom. The molecule has 0 spiro atoms. The van der Waals surface area contributed by atoms with E-state index in [1.807, 2.05) is 17.4 Å².